The van der Waals surface area contributed by atoms with Crippen molar-refractivity contribution in [1.82, 2.24) is 9.80 Å². The van der Waals surface area contributed by atoms with Gasteiger partial charge in [0.1, 0.15) is 0 Å². The first-order chi connectivity index (χ1) is 10.6. The zero-order valence-corrected chi connectivity index (χ0v) is 16.1. The van der Waals surface area contributed by atoms with E-state index in [9.17, 15) is 7.87 Å². The molecule has 0 N–H and O–H groups in total. The van der Waals surface area contributed by atoms with E-state index in [1.54, 1.807) is 6.92 Å². The molecular formula is C17H24N2O2Sn. The molecule has 2 saturated heterocycles. The number of likely N-dealkylation sites (tertiary alicyclic amines) is 1. The molecule has 0 saturated carbocycles. The van der Waals surface area contributed by atoms with Gasteiger partial charge in [0.15, 0.2) is 0 Å². The summed E-state index contributed by atoms with van der Waals surface area (Å²) in [6.07, 6.45) is 2.04. The molecule has 0 radical (unpaired) electrons. The molecule has 22 heavy (non-hydrogen) atoms. The number of hydrogen-bond donors (Lipinski definition) is 0. The topological polar surface area (TPSA) is 40.6 Å². The minimum atomic E-state index is -2.18. The van der Waals surface area contributed by atoms with Crippen molar-refractivity contribution in [2.75, 3.05) is 19.6 Å². The Kier molecular flexibility index (Phi) is 5.29. The zero-order chi connectivity index (χ0) is 15.5. The molecule has 1 aromatic rings. The number of piperidine rings is 1. The third-order valence-electron chi connectivity index (χ3n) is 5.04. The maximum absolute atomic E-state index is 12.0. The third kappa shape index (κ3) is 3.59. The van der Waals surface area contributed by atoms with Crippen LogP contribution in [0.3, 0.4) is 0 Å². The zero-order valence-electron chi connectivity index (χ0n) is 13.2. The average Bonchev–Trinajstić information content (AvgIpc) is 2.56. The van der Waals surface area contributed by atoms with Crippen LogP contribution in [0, 0.1) is 0 Å². The second kappa shape index (κ2) is 7.21. The fraction of sp³-hybridized carbons (Fsp3) is 0.588. The number of carbonyl (C=O) groups is 1. The first-order valence-electron chi connectivity index (χ1n) is 8.23. The van der Waals surface area contributed by atoms with Gasteiger partial charge in [0.25, 0.3) is 0 Å². The van der Waals surface area contributed by atoms with Crippen LogP contribution in [0.2, 0.25) is 8.87 Å². The van der Waals surface area contributed by atoms with Gasteiger partial charge in [-0.1, -0.05) is 0 Å². The van der Waals surface area contributed by atoms with E-state index < -0.39 is 19.7 Å². The van der Waals surface area contributed by atoms with Gasteiger partial charge in [0, 0.05) is 0 Å². The molecule has 1 amide bonds. The summed E-state index contributed by atoms with van der Waals surface area (Å²) < 4.78 is 13.6. The van der Waals surface area contributed by atoms with Crippen molar-refractivity contribution in [2.45, 2.75) is 40.7 Å². The predicted molar refractivity (Wildman–Crippen MR) is 87.2 cm³/mol. The summed E-state index contributed by atoms with van der Waals surface area (Å²) in [7, 11) is 0. The van der Waals surface area contributed by atoms with Gasteiger partial charge < -0.3 is 0 Å². The van der Waals surface area contributed by atoms with Crippen LogP contribution in [0.5, 0.6) is 0 Å². The van der Waals surface area contributed by atoms with Crippen LogP contribution < -0.4 is 0 Å². The van der Waals surface area contributed by atoms with Gasteiger partial charge in [-0.25, -0.2) is 0 Å². The van der Waals surface area contributed by atoms with E-state index in [1.165, 1.54) is 5.56 Å². The Labute approximate surface area is 139 Å². The second-order valence-corrected chi connectivity index (χ2v) is 12.3. The molecule has 2 heterocycles. The molecule has 0 spiro atoms. The van der Waals surface area contributed by atoms with Crippen LogP contribution in [-0.4, -0.2) is 61.1 Å². The molecule has 0 bridgehead atoms. The Balaban J connectivity index is 1.75. The summed E-state index contributed by atoms with van der Waals surface area (Å²) in [4.78, 5) is 16.5. The van der Waals surface area contributed by atoms with Gasteiger partial charge in [-0.15, -0.1) is 0 Å². The van der Waals surface area contributed by atoms with E-state index in [-0.39, 0.29) is 11.9 Å². The summed E-state index contributed by atoms with van der Waals surface area (Å²) in [6.45, 7) is 4.52. The predicted octanol–water partition coefficient (Wildman–Crippen LogP) is 2.48. The summed E-state index contributed by atoms with van der Waals surface area (Å²) in [6, 6.07) is 11.1. The maximum atomic E-state index is 12.0. The quantitative estimate of drug-likeness (QED) is 0.708. The summed E-state index contributed by atoms with van der Waals surface area (Å²) in [5.74, 6) is 0.168. The Hall–Kier alpha value is -0.751. The van der Waals surface area contributed by atoms with Gasteiger partial charge in [-0.2, -0.15) is 0 Å². The second-order valence-electron chi connectivity index (χ2n) is 6.39. The molecule has 2 unspecified atom stereocenters. The Morgan fingerprint density at radius 3 is 2.45 bits per heavy atom. The van der Waals surface area contributed by atoms with Crippen LogP contribution >= 0.6 is 0 Å². The monoisotopic (exact) mass is 408 g/mol. The SMILES string of the molecule is CC(=O)N1CCC(N2C[CH2][Sn](=[O])[CH2]C2)CC1c1ccccc1. The van der Waals surface area contributed by atoms with E-state index in [2.05, 4.69) is 17.0 Å². The van der Waals surface area contributed by atoms with Gasteiger partial charge in [0.05, 0.1) is 0 Å². The molecule has 3 rings (SSSR count). The summed E-state index contributed by atoms with van der Waals surface area (Å²) in [5.41, 5.74) is 1.24. The van der Waals surface area contributed by atoms with Crippen LogP contribution in [0.1, 0.15) is 31.4 Å². The van der Waals surface area contributed by atoms with E-state index in [0.29, 0.717) is 6.04 Å². The third-order valence-corrected chi connectivity index (χ3v) is 9.50. The van der Waals surface area contributed by atoms with Crippen LogP contribution in [0.4, 0.5) is 0 Å². The summed E-state index contributed by atoms with van der Waals surface area (Å²) >= 11 is -2.18. The molecule has 2 atom stereocenters. The molecule has 0 aromatic heterocycles. The van der Waals surface area contributed by atoms with Gasteiger partial charge >= 0.3 is 140 Å². The van der Waals surface area contributed by atoms with Crippen molar-refractivity contribution < 1.29 is 7.87 Å². The molecule has 2 aliphatic heterocycles. The number of carbonyl (C=O) groups excluding carboxylic acids is 1. The standard InChI is InChI=1S/C17H24N2O.O.Sn/c1-4-18(5-2)16-11-12-19(14(3)20)17(13-16)15-9-7-6-8-10-15;;/h6-10,16-17H,1-2,4-5,11-13H2,3H3;;. The first-order valence-corrected chi connectivity index (χ1v) is 13.4. The normalized spacial score (nSPS) is 27.0. The Bertz CT molecular complexity index is 539. The number of rotatable bonds is 2. The molecular weight excluding hydrogens is 383 g/mol. The Morgan fingerprint density at radius 1 is 1.14 bits per heavy atom. The molecule has 0 aliphatic carbocycles. The minimum absolute atomic E-state index is 0.168. The summed E-state index contributed by atoms with van der Waals surface area (Å²) in [5, 5.41) is 0. The number of nitrogens with zero attached hydrogens (tertiary/aromatic N) is 2. The van der Waals surface area contributed by atoms with Crippen molar-refractivity contribution in [3.05, 3.63) is 35.9 Å². The van der Waals surface area contributed by atoms with Crippen molar-refractivity contribution in [2.24, 2.45) is 0 Å². The average molecular weight is 407 g/mol. The molecule has 2 aliphatic rings. The molecule has 4 nitrogen and oxygen atoms in total. The Morgan fingerprint density at radius 2 is 1.82 bits per heavy atom. The molecule has 2 fully saturated rings. The van der Waals surface area contributed by atoms with Crippen LogP contribution in [0.25, 0.3) is 0 Å². The number of hydrogen-bond acceptors (Lipinski definition) is 3. The van der Waals surface area contributed by atoms with E-state index in [1.807, 2.05) is 23.1 Å². The van der Waals surface area contributed by atoms with Gasteiger partial charge in [-0.3, -0.25) is 0 Å². The number of amides is 1. The van der Waals surface area contributed by atoms with Crippen molar-refractivity contribution in [3.8, 4) is 0 Å². The fourth-order valence-electron chi connectivity index (χ4n) is 3.79. The van der Waals surface area contributed by atoms with Crippen molar-refractivity contribution in [3.63, 3.8) is 0 Å². The van der Waals surface area contributed by atoms with E-state index in [0.717, 1.165) is 41.3 Å². The van der Waals surface area contributed by atoms with Crippen molar-refractivity contribution in [1.29, 1.82) is 0 Å². The first kappa shape index (κ1) is 16.1. The van der Waals surface area contributed by atoms with Gasteiger partial charge in [-0.05, 0) is 0 Å². The van der Waals surface area contributed by atoms with Crippen LogP contribution in [0.15, 0.2) is 30.3 Å². The molecule has 5 heteroatoms. The van der Waals surface area contributed by atoms with Crippen molar-refractivity contribution >= 4 is 25.7 Å². The van der Waals surface area contributed by atoms with E-state index in [4.69, 9.17) is 0 Å². The van der Waals surface area contributed by atoms with Gasteiger partial charge in [0.2, 0.25) is 0 Å². The molecule has 118 valence electrons. The number of benzene rings is 1. The fourth-order valence-corrected chi connectivity index (χ4v) is 7.56. The van der Waals surface area contributed by atoms with E-state index >= 15 is 0 Å². The molecule has 1 aromatic carbocycles. The van der Waals surface area contributed by atoms with Crippen LogP contribution in [-0.2, 0) is 7.87 Å².